The fourth-order valence-electron chi connectivity index (χ4n) is 2.76. The zero-order chi connectivity index (χ0) is 19.5. The van der Waals surface area contributed by atoms with E-state index in [0.717, 1.165) is 11.1 Å². The minimum Gasteiger partial charge on any atom is -0.456 e. The Morgan fingerprint density at radius 1 is 1.38 bits per heavy atom. The normalized spacial score (nSPS) is 18.5. The van der Waals surface area contributed by atoms with Crippen molar-refractivity contribution in [3.8, 4) is 0 Å². The van der Waals surface area contributed by atoms with Gasteiger partial charge in [0.1, 0.15) is 18.2 Å². The van der Waals surface area contributed by atoms with E-state index in [0.29, 0.717) is 13.0 Å². The third kappa shape index (κ3) is 5.17. The van der Waals surface area contributed by atoms with Gasteiger partial charge in [0.05, 0.1) is 12.2 Å². The minimum atomic E-state index is -0.677. The SMILES string of the molecule is C[C@@H](OC(=O)c1cn(CC(N)=O)nn1)[C@@H]1CCCN1C(=O)OC(C)(C)C. The number of amides is 2. The molecule has 1 fully saturated rings. The summed E-state index contributed by atoms with van der Waals surface area (Å²) in [6.07, 6.45) is 1.84. The Morgan fingerprint density at radius 2 is 2.08 bits per heavy atom. The van der Waals surface area contributed by atoms with Crippen molar-refractivity contribution >= 4 is 18.0 Å². The molecule has 2 heterocycles. The van der Waals surface area contributed by atoms with Crippen LogP contribution in [0.15, 0.2) is 6.20 Å². The average Bonchev–Trinajstić information content (AvgIpc) is 3.13. The number of ether oxygens (including phenoxy) is 2. The molecule has 0 bridgehead atoms. The Balaban J connectivity index is 1.98. The maximum atomic E-state index is 12.3. The van der Waals surface area contributed by atoms with Crippen molar-refractivity contribution in [2.75, 3.05) is 6.54 Å². The molecule has 0 radical (unpaired) electrons. The number of likely N-dealkylation sites (tertiary alicyclic amines) is 1. The first-order valence-corrected chi connectivity index (χ1v) is 8.46. The lowest BCUT2D eigenvalue weighted by Crippen LogP contribution is -2.45. The smallest absolute Gasteiger partial charge is 0.410 e. The van der Waals surface area contributed by atoms with Crippen LogP contribution in [0, 0.1) is 0 Å². The van der Waals surface area contributed by atoms with Gasteiger partial charge in [0.25, 0.3) is 0 Å². The third-order valence-electron chi connectivity index (χ3n) is 3.83. The largest absolute Gasteiger partial charge is 0.456 e. The molecule has 1 aromatic heterocycles. The summed E-state index contributed by atoms with van der Waals surface area (Å²) in [6, 6.07) is -0.269. The molecule has 1 aliphatic heterocycles. The number of hydrogen-bond acceptors (Lipinski definition) is 7. The van der Waals surface area contributed by atoms with E-state index in [1.165, 1.54) is 6.20 Å². The molecule has 0 aliphatic carbocycles. The Labute approximate surface area is 151 Å². The Bertz CT molecular complexity index is 681. The first-order chi connectivity index (χ1) is 12.1. The molecule has 0 saturated carbocycles. The number of carbonyl (C=O) groups excluding carboxylic acids is 3. The first kappa shape index (κ1) is 19.7. The zero-order valence-corrected chi connectivity index (χ0v) is 15.5. The highest BCUT2D eigenvalue weighted by Crippen LogP contribution is 2.24. The summed E-state index contributed by atoms with van der Waals surface area (Å²) in [6.45, 7) is 7.50. The average molecular weight is 367 g/mol. The van der Waals surface area contributed by atoms with Crippen LogP contribution in [0.25, 0.3) is 0 Å². The lowest BCUT2D eigenvalue weighted by Gasteiger charge is -2.31. The third-order valence-corrected chi connectivity index (χ3v) is 3.83. The van der Waals surface area contributed by atoms with Crippen molar-refractivity contribution in [1.82, 2.24) is 19.9 Å². The topological polar surface area (TPSA) is 130 Å². The van der Waals surface area contributed by atoms with Crippen LogP contribution >= 0.6 is 0 Å². The van der Waals surface area contributed by atoms with Gasteiger partial charge >= 0.3 is 12.1 Å². The fraction of sp³-hybridized carbons (Fsp3) is 0.688. The summed E-state index contributed by atoms with van der Waals surface area (Å²) < 4.78 is 12.0. The van der Waals surface area contributed by atoms with Gasteiger partial charge in [0, 0.05) is 6.54 Å². The van der Waals surface area contributed by atoms with Gasteiger partial charge in [0.15, 0.2) is 5.69 Å². The van der Waals surface area contributed by atoms with Gasteiger partial charge in [-0.1, -0.05) is 5.21 Å². The van der Waals surface area contributed by atoms with Crippen molar-refractivity contribution in [2.24, 2.45) is 5.73 Å². The van der Waals surface area contributed by atoms with E-state index in [9.17, 15) is 14.4 Å². The molecule has 1 aliphatic rings. The molecule has 0 unspecified atom stereocenters. The molecule has 10 nitrogen and oxygen atoms in total. The van der Waals surface area contributed by atoms with Gasteiger partial charge in [-0.05, 0) is 40.5 Å². The predicted molar refractivity (Wildman–Crippen MR) is 90.1 cm³/mol. The summed E-state index contributed by atoms with van der Waals surface area (Å²) in [4.78, 5) is 37.0. The molecule has 0 aromatic carbocycles. The Kier molecular flexibility index (Phi) is 5.83. The molecule has 10 heteroatoms. The lowest BCUT2D eigenvalue weighted by molar-refractivity contribution is -0.118. The van der Waals surface area contributed by atoms with Gasteiger partial charge in [-0.15, -0.1) is 5.10 Å². The van der Waals surface area contributed by atoms with E-state index in [1.54, 1.807) is 32.6 Å². The molecule has 2 rings (SSSR count). The highest BCUT2D eigenvalue weighted by Gasteiger charge is 2.37. The second kappa shape index (κ2) is 7.71. The van der Waals surface area contributed by atoms with Crippen molar-refractivity contribution in [3.05, 3.63) is 11.9 Å². The summed E-state index contributed by atoms with van der Waals surface area (Å²) in [5.41, 5.74) is 4.45. The first-order valence-electron chi connectivity index (χ1n) is 8.46. The van der Waals surface area contributed by atoms with Crippen molar-refractivity contribution < 1.29 is 23.9 Å². The van der Waals surface area contributed by atoms with Gasteiger partial charge in [-0.2, -0.15) is 0 Å². The molecular formula is C16H25N5O5. The van der Waals surface area contributed by atoms with E-state index < -0.39 is 29.7 Å². The van der Waals surface area contributed by atoms with Gasteiger partial charge in [-0.3, -0.25) is 4.79 Å². The number of hydrogen-bond donors (Lipinski definition) is 1. The van der Waals surface area contributed by atoms with Crippen LogP contribution in [0.5, 0.6) is 0 Å². The molecule has 144 valence electrons. The summed E-state index contributed by atoms with van der Waals surface area (Å²) in [7, 11) is 0. The second-order valence-corrected chi connectivity index (χ2v) is 7.26. The van der Waals surface area contributed by atoms with Gasteiger partial charge in [-0.25, -0.2) is 14.3 Å². The molecule has 1 aromatic rings. The number of rotatable bonds is 5. The molecule has 0 spiro atoms. The van der Waals surface area contributed by atoms with Crippen LogP contribution < -0.4 is 5.73 Å². The summed E-state index contributed by atoms with van der Waals surface area (Å²) in [5.74, 6) is -1.27. The number of aromatic nitrogens is 3. The van der Waals surface area contributed by atoms with Crippen LogP contribution in [-0.4, -0.2) is 62.2 Å². The number of nitrogens with two attached hydrogens (primary N) is 1. The van der Waals surface area contributed by atoms with Crippen LogP contribution in [0.1, 0.15) is 51.0 Å². The highest BCUT2D eigenvalue weighted by atomic mass is 16.6. The van der Waals surface area contributed by atoms with Crippen LogP contribution in [-0.2, 0) is 20.8 Å². The van der Waals surface area contributed by atoms with E-state index in [-0.39, 0.29) is 18.3 Å². The van der Waals surface area contributed by atoms with E-state index in [4.69, 9.17) is 15.2 Å². The monoisotopic (exact) mass is 367 g/mol. The molecule has 2 N–H and O–H groups in total. The van der Waals surface area contributed by atoms with E-state index in [1.807, 2.05) is 0 Å². The Hall–Kier alpha value is -2.65. The van der Waals surface area contributed by atoms with Crippen molar-refractivity contribution in [2.45, 2.75) is 64.8 Å². The quantitative estimate of drug-likeness (QED) is 0.758. The minimum absolute atomic E-state index is 0.0279. The van der Waals surface area contributed by atoms with E-state index >= 15 is 0 Å². The van der Waals surface area contributed by atoms with Crippen LogP contribution in [0.4, 0.5) is 4.79 Å². The molecule has 2 atom stereocenters. The highest BCUT2D eigenvalue weighted by molar-refractivity contribution is 5.87. The van der Waals surface area contributed by atoms with Crippen molar-refractivity contribution in [1.29, 1.82) is 0 Å². The second-order valence-electron chi connectivity index (χ2n) is 7.26. The van der Waals surface area contributed by atoms with Crippen LogP contribution in [0.2, 0.25) is 0 Å². The number of primary amides is 1. The number of carbonyl (C=O) groups is 3. The standard InChI is InChI=1S/C16H25N5O5/c1-10(12-6-5-7-21(12)15(24)26-16(2,3)4)25-14(23)11-8-20(19-18-11)9-13(17)22/h8,10,12H,5-7,9H2,1-4H3,(H2,17,22)/t10-,12+/m1/s1. The number of nitrogens with zero attached hydrogens (tertiary/aromatic N) is 4. The van der Waals surface area contributed by atoms with Crippen LogP contribution in [0.3, 0.4) is 0 Å². The summed E-state index contributed by atoms with van der Waals surface area (Å²) in [5, 5.41) is 7.32. The Morgan fingerprint density at radius 3 is 2.69 bits per heavy atom. The molecule has 2 amide bonds. The van der Waals surface area contributed by atoms with Gasteiger partial charge < -0.3 is 20.1 Å². The van der Waals surface area contributed by atoms with E-state index in [2.05, 4.69) is 10.3 Å². The predicted octanol–water partition coefficient (Wildman–Crippen LogP) is 0.708. The maximum Gasteiger partial charge on any atom is 0.410 e. The molecule has 26 heavy (non-hydrogen) atoms. The van der Waals surface area contributed by atoms with Crippen molar-refractivity contribution in [3.63, 3.8) is 0 Å². The maximum absolute atomic E-state index is 12.3. The number of esters is 1. The molecular weight excluding hydrogens is 342 g/mol. The fourth-order valence-corrected chi connectivity index (χ4v) is 2.76. The molecule has 1 saturated heterocycles. The van der Waals surface area contributed by atoms with Gasteiger partial charge in [0.2, 0.25) is 5.91 Å². The summed E-state index contributed by atoms with van der Waals surface area (Å²) >= 11 is 0. The lowest BCUT2D eigenvalue weighted by atomic mass is 10.1. The zero-order valence-electron chi connectivity index (χ0n) is 15.5.